The van der Waals surface area contributed by atoms with Gasteiger partial charge in [-0.2, -0.15) is 0 Å². The van der Waals surface area contributed by atoms with E-state index >= 15 is 0 Å². The lowest BCUT2D eigenvalue weighted by Gasteiger charge is -2.51. The Morgan fingerprint density at radius 3 is 1.40 bits per heavy atom. The fraction of sp³-hybridized carbons (Fsp3) is 0.279. The number of carbonyl (C=O) groups excluding carboxylic acids is 1. The van der Waals surface area contributed by atoms with Crippen molar-refractivity contribution in [3.05, 3.63) is 179 Å². The fourth-order valence-corrected chi connectivity index (χ4v) is 6.30. The molecule has 1 saturated heterocycles. The molecule has 50 heavy (non-hydrogen) atoms. The molecule has 1 heterocycles. The van der Waals surface area contributed by atoms with E-state index in [1.807, 2.05) is 152 Å². The number of ether oxygens (including phenoxy) is 6. The zero-order valence-corrected chi connectivity index (χ0v) is 28.3. The standard InChI is InChI=1S/C43H44O7/c1-33(44)49-43(27-34-17-7-2-8-18-34)42(48-31-38-25-15-6-16-26-38)41(47-30-37-23-13-5-14-24-37)40(46-29-36-21-11-4-12-22-36)39(50-43)32-45-28-35-19-9-3-10-20-35/h2-26,39-42H,27-32H2,1H3/t39-,40-,41+,42-,43+/m1/s1. The number of hydrogen-bond donors (Lipinski definition) is 0. The second kappa shape index (κ2) is 17.9. The van der Waals surface area contributed by atoms with Crippen molar-refractivity contribution in [2.75, 3.05) is 6.61 Å². The van der Waals surface area contributed by atoms with Crippen LogP contribution in [0.25, 0.3) is 0 Å². The Bertz CT molecular complexity index is 1700. The molecule has 1 aliphatic rings. The summed E-state index contributed by atoms with van der Waals surface area (Å²) < 4.78 is 40.1. The van der Waals surface area contributed by atoms with Gasteiger partial charge in [-0.25, -0.2) is 0 Å². The topological polar surface area (TPSA) is 72.5 Å². The van der Waals surface area contributed by atoms with E-state index in [9.17, 15) is 4.79 Å². The maximum absolute atomic E-state index is 13.1. The Labute approximate surface area is 294 Å². The van der Waals surface area contributed by atoms with E-state index in [1.54, 1.807) is 0 Å². The third kappa shape index (κ3) is 9.75. The summed E-state index contributed by atoms with van der Waals surface area (Å²) in [5.41, 5.74) is 4.89. The largest absolute Gasteiger partial charge is 0.430 e. The van der Waals surface area contributed by atoms with Crippen molar-refractivity contribution in [2.45, 2.75) is 70.0 Å². The summed E-state index contributed by atoms with van der Waals surface area (Å²) in [6.07, 6.45) is -2.75. The molecule has 6 rings (SSSR count). The first-order valence-electron chi connectivity index (χ1n) is 17.1. The van der Waals surface area contributed by atoms with Gasteiger partial charge in [-0.1, -0.05) is 152 Å². The first-order chi connectivity index (χ1) is 24.6. The van der Waals surface area contributed by atoms with Crippen LogP contribution in [0.2, 0.25) is 0 Å². The number of hydrogen-bond acceptors (Lipinski definition) is 7. The average Bonchev–Trinajstić information content (AvgIpc) is 3.15. The molecule has 258 valence electrons. The van der Waals surface area contributed by atoms with Crippen molar-refractivity contribution in [3.63, 3.8) is 0 Å². The summed E-state index contributed by atoms with van der Waals surface area (Å²) in [6.45, 7) is 2.74. The fourth-order valence-electron chi connectivity index (χ4n) is 6.30. The highest BCUT2D eigenvalue weighted by Gasteiger charge is 2.59. The monoisotopic (exact) mass is 672 g/mol. The third-order valence-corrected chi connectivity index (χ3v) is 8.62. The minimum absolute atomic E-state index is 0.156. The highest BCUT2D eigenvalue weighted by atomic mass is 16.8. The summed E-state index contributed by atoms with van der Waals surface area (Å²) >= 11 is 0. The molecule has 0 aliphatic carbocycles. The zero-order valence-electron chi connectivity index (χ0n) is 28.3. The molecule has 5 aromatic carbocycles. The minimum Gasteiger partial charge on any atom is -0.430 e. The van der Waals surface area contributed by atoms with Crippen LogP contribution in [0.15, 0.2) is 152 Å². The lowest BCUT2D eigenvalue weighted by atomic mass is 9.87. The minimum atomic E-state index is -1.57. The molecule has 0 aromatic heterocycles. The molecule has 0 spiro atoms. The Kier molecular flexibility index (Phi) is 12.6. The molecule has 7 nitrogen and oxygen atoms in total. The maximum atomic E-state index is 13.1. The quantitative estimate of drug-likeness (QED) is 0.0989. The molecule has 1 fully saturated rings. The molecule has 0 amide bonds. The molecular formula is C43H44O7. The first-order valence-corrected chi connectivity index (χ1v) is 17.1. The number of rotatable bonds is 16. The summed E-state index contributed by atoms with van der Waals surface area (Å²) in [5.74, 6) is -2.07. The Balaban J connectivity index is 1.41. The van der Waals surface area contributed by atoms with Crippen LogP contribution in [0.4, 0.5) is 0 Å². The van der Waals surface area contributed by atoms with Gasteiger partial charge in [0.25, 0.3) is 0 Å². The predicted molar refractivity (Wildman–Crippen MR) is 191 cm³/mol. The van der Waals surface area contributed by atoms with Gasteiger partial charge in [-0.05, 0) is 27.8 Å². The smallest absolute Gasteiger partial charge is 0.305 e. The van der Waals surface area contributed by atoms with Gasteiger partial charge in [0.2, 0.25) is 5.79 Å². The molecule has 0 unspecified atom stereocenters. The molecule has 5 aromatic rings. The van der Waals surface area contributed by atoms with Gasteiger partial charge in [0.15, 0.2) is 6.10 Å². The molecule has 0 radical (unpaired) electrons. The SMILES string of the molecule is CC(=O)O[C@@]1(Cc2ccccc2)O[C@H](COCc2ccccc2)[C@@H](OCc2ccccc2)[C@H](OCc2ccccc2)[C@H]1OCc1ccccc1. The van der Waals surface area contributed by atoms with Crippen molar-refractivity contribution in [2.24, 2.45) is 0 Å². The molecule has 0 saturated carbocycles. The Morgan fingerprint density at radius 1 is 0.540 bits per heavy atom. The molecule has 7 heteroatoms. The van der Waals surface area contributed by atoms with E-state index in [2.05, 4.69) is 0 Å². The zero-order chi connectivity index (χ0) is 34.4. The van der Waals surface area contributed by atoms with Gasteiger partial charge in [0, 0.05) is 13.3 Å². The van der Waals surface area contributed by atoms with Gasteiger partial charge in [-0.3, -0.25) is 4.79 Å². The molecule has 0 bridgehead atoms. The number of carbonyl (C=O) groups is 1. The molecule has 0 N–H and O–H groups in total. The molecule has 5 atom stereocenters. The highest BCUT2D eigenvalue weighted by Crippen LogP contribution is 2.40. The molecular weight excluding hydrogens is 628 g/mol. The third-order valence-electron chi connectivity index (χ3n) is 8.62. The van der Waals surface area contributed by atoms with E-state index in [-0.39, 0.29) is 26.2 Å². The normalized spacial score (nSPS) is 21.8. The van der Waals surface area contributed by atoms with Gasteiger partial charge >= 0.3 is 5.97 Å². The van der Waals surface area contributed by atoms with Gasteiger partial charge < -0.3 is 28.4 Å². The van der Waals surface area contributed by atoms with Crippen molar-refractivity contribution >= 4 is 5.97 Å². The van der Waals surface area contributed by atoms with Crippen LogP contribution >= 0.6 is 0 Å². The predicted octanol–water partition coefficient (Wildman–Crippen LogP) is 7.86. The first kappa shape index (κ1) is 35.2. The lowest BCUT2D eigenvalue weighted by molar-refractivity contribution is -0.371. The van der Waals surface area contributed by atoms with E-state index in [4.69, 9.17) is 28.4 Å². The van der Waals surface area contributed by atoms with E-state index < -0.39 is 36.2 Å². The summed E-state index contributed by atoms with van der Waals surface area (Å²) in [7, 11) is 0. The Hall–Kier alpha value is -4.63. The van der Waals surface area contributed by atoms with E-state index in [0.29, 0.717) is 13.2 Å². The van der Waals surface area contributed by atoms with Crippen LogP contribution < -0.4 is 0 Å². The van der Waals surface area contributed by atoms with Crippen molar-refractivity contribution in [3.8, 4) is 0 Å². The van der Waals surface area contributed by atoms with Crippen LogP contribution in [0.3, 0.4) is 0 Å². The Morgan fingerprint density at radius 2 is 0.940 bits per heavy atom. The molecule has 1 aliphatic heterocycles. The summed E-state index contributed by atoms with van der Waals surface area (Å²) in [6, 6.07) is 49.6. The maximum Gasteiger partial charge on any atom is 0.305 e. The van der Waals surface area contributed by atoms with E-state index in [0.717, 1.165) is 27.8 Å². The van der Waals surface area contributed by atoms with Crippen LogP contribution in [-0.2, 0) is 66.1 Å². The van der Waals surface area contributed by atoms with Crippen molar-refractivity contribution < 1.29 is 33.2 Å². The van der Waals surface area contributed by atoms with Crippen molar-refractivity contribution in [1.29, 1.82) is 0 Å². The number of benzene rings is 5. The second-order valence-electron chi connectivity index (χ2n) is 12.5. The summed E-state index contributed by atoms with van der Waals surface area (Å²) in [5, 5.41) is 0. The second-order valence-corrected chi connectivity index (χ2v) is 12.5. The van der Waals surface area contributed by atoms with Crippen LogP contribution in [0.1, 0.15) is 34.7 Å². The van der Waals surface area contributed by atoms with Gasteiger partial charge in [-0.15, -0.1) is 0 Å². The van der Waals surface area contributed by atoms with E-state index in [1.165, 1.54) is 6.92 Å². The summed E-state index contributed by atoms with van der Waals surface area (Å²) in [4.78, 5) is 13.1. The van der Waals surface area contributed by atoms with Crippen LogP contribution in [0.5, 0.6) is 0 Å². The van der Waals surface area contributed by atoms with Gasteiger partial charge in [0.05, 0.1) is 33.0 Å². The highest BCUT2D eigenvalue weighted by molar-refractivity contribution is 5.66. The van der Waals surface area contributed by atoms with Crippen molar-refractivity contribution in [1.82, 2.24) is 0 Å². The van der Waals surface area contributed by atoms with Crippen LogP contribution in [-0.4, -0.2) is 42.8 Å². The van der Waals surface area contributed by atoms with Crippen LogP contribution in [0, 0.1) is 0 Å². The van der Waals surface area contributed by atoms with Gasteiger partial charge in [0.1, 0.15) is 18.3 Å². The lowest BCUT2D eigenvalue weighted by Crippen LogP contribution is -2.69. The number of esters is 1. The average molecular weight is 673 g/mol.